The SMILES string of the molecule is CCOC(=O)c1cc2sccc2n1CC(=O)N1CCCC[C@H]1CC. The molecule has 5 nitrogen and oxygen atoms in total. The fourth-order valence-electron chi connectivity index (χ4n) is 3.50. The van der Waals surface area contributed by atoms with Crippen LogP contribution in [0.5, 0.6) is 0 Å². The highest BCUT2D eigenvalue weighted by molar-refractivity contribution is 7.17. The molecule has 2 aromatic rings. The first kappa shape index (κ1) is 17.0. The molecule has 130 valence electrons. The molecule has 0 saturated carbocycles. The van der Waals surface area contributed by atoms with Crippen LogP contribution in [0.1, 0.15) is 50.0 Å². The van der Waals surface area contributed by atoms with Gasteiger partial charge in [0.1, 0.15) is 12.2 Å². The van der Waals surface area contributed by atoms with Gasteiger partial charge >= 0.3 is 5.97 Å². The Bertz CT molecular complexity index is 734. The molecule has 2 aromatic heterocycles. The van der Waals surface area contributed by atoms with E-state index in [0.717, 1.165) is 36.0 Å². The van der Waals surface area contributed by atoms with Gasteiger partial charge in [0.2, 0.25) is 5.91 Å². The molecule has 0 N–H and O–H groups in total. The summed E-state index contributed by atoms with van der Waals surface area (Å²) in [5.41, 5.74) is 1.40. The summed E-state index contributed by atoms with van der Waals surface area (Å²) in [7, 11) is 0. The highest BCUT2D eigenvalue weighted by Gasteiger charge is 2.27. The molecule has 1 amide bonds. The summed E-state index contributed by atoms with van der Waals surface area (Å²) in [4.78, 5) is 27.1. The Morgan fingerprint density at radius 2 is 2.17 bits per heavy atom. The largest absolute Gasteiger partial charge is 0.461 e. The van der Waals surface area contributed by atoms with E-state index in [1.165, 1.54) is 6.42 Å². The van der Waals surface area contributed by atoms with Crippen LogP contribution >= 0.6 is 11.3 Å². The second-order valence-electron chi connectivity index (χ2n) is 6.15. The smallest absolute Gasteiger partial charge is 0.355 e. The number of ether oxygens (including phenoxy) is 1. The summed E-state index contributed by atoms with van der Waals surface area (Å²) in [6, 6.07) is 4.12. The van der Waals surface area contributed by atoms with Gasteiger partial charge in [0, 0.05) is 12.6 Å². The van der Waals surface area contributed by atoms with Crippen molar-refractivity contribution in [2.24, 2.45) is 0 Å². The van der Waals surface area contributed by atoms with Crippen molar-refractivity contribution in [2.45, 2.75) is 52.1 Å². The maximum absolute atomic E-state index is 12.9. The maximum atomic E-state index is 12.9. The first-order valence-electron chi connectivity index (χ1n) is 8.69. The van der Waals surface area contributed by atoms with E-state index in [-0.39, 0.29) is 18.4 Å². The van der Waals surface area contributed by atoms with Crippen molar-refractivity contribution in [3.63, 3.8) is 0 Å². The number of carbonyl (C=O) groups is 2. The summed E-state index contributed by atoms with van der Waals surface area (Å²) < 4.78 is 7.98. The van der Waals surface area contributed by atoms with Gasteiger partial charge in [-0.15, -0.1) is 11.3 Å². The molecule has 0 unspecified atom stereocenters. The van der Waals surface area contributed by atoms with Crippen LogP contribution in [0.15, 0.2) is 17.5 Å². The van der Waals surface area contributed by atoms with Gasteiger partial charge in [-0.3, -0.25) is 4.79 Å². The highest BCUT2D eigenvalue weighted by atomic mass is 32.1. The average Bonchev–Trinajstić information content (AvgIpc) is 3.17. The van der Waals surface area contributed by atoms with Gasteiger partial charge in [-0.1, -0.05) is 6.92 Å². The Morgan fingerprint density at radius 1 is 1.33 bits per heavy atom. The molecule has 0 aliphatic carbocycles. The van der Waals surface area contributed by atoms with Gasteiger partial charge in [-0.2, -0.15) is 0 Å². The van der Waals surface area contributed by atoms with Crippen molar-refractivity contribution < 1.29 is 14.3 Å². The lowest BCUT2D eigenvalue weighted by atomic mass is 10.00. The van der Waals surface area contributed by atoms with Gasteiger partial charge < -0.3 is 14.2 Å². The molecule has 6 heteroatoms. The number of thiophene rings is 1. The molecule has 24 heavy (non-hydrogen) atoms. The topological polar surface area (TPSA) is 51.5 Å². The third kappa shape index (κ3) is 3.20. The highest BCUT2D eigenvalue weighted by Crippen LogP contribution is 2.27. The number of aromatic nitrogens is 1. The maximum Gasteiger partial charge on any atom is 0.355 e. The number of amides is 1. The molecule has 1 aliphatic rings. The first-order chi connectivity index (χ1) is 11.7. The monoisotopic (exact) mass is 348 g/mol. The summed E-state index contributed by atoms with van der Waals surface area (Å²) in [6.07, 6.45) is 4.31. The number of likely N-dealkylation sites (tertiary alicyclic amines) is 1. The van der Waals surface area contributed by atoms with E-state index in [0.29, 0.717) is 18.3 Å². The molecule has 1 atom stereocenters. The number of esters is 1. The molecular formula is C18H24N2O3S. The van der Waals surface area contributed by atoms with Gasteiger partial charge in [-0.25, -0.2) is 4.79 Å². The molecular weight excluding hydrogens is 324 g/mol. The Labute approximate surface area is 146 Å². The predicted octanol–water partition coefficient (Wildman–Crippen LogP) is 3.67. The quantitative estimate of drug-likeness (QED) is 0.775. The number of carbonyl (C=O) groups excluding carboxylic acids is 2. The first-order valence-corrected chi connectivity index (χ1v) is 9.57. The number of rotatable bonds is 5. The van der Waals surface area contributed by atoms with E-state index in [9.17, 15) is 9.59 Å². The van der Waals surface area contributed by atoms with E-state index >= 15 is 0 Å². The minimum absolute atomic E-state index is 0.0933. The zero-order valence-corrected chi connectivity index (χ0v) is 15.1. The number of fused-ring (bicyclic) bond motifs is 1. The van der Waals surface area contributed by atoms with E-state index in [4.69, 9.17) is 4.74 Å². The van der Waals surface area contributed by atoms with E-state index in [1.807, 2.05) is 27.0 Å². The number of hydrogen-bond donors (Lipinski definition) is 0. The lowest BCUT2D eigenvalue weighted by molar-refractivity contribution is -0.135. The normalized spacial score (nSPS) is 18.1. The van der Waals surface area contributed by atoms with Gasteiger partial charge in [0.15, 0.2) is 0 Å². The lowest BCUT2D eigenvalue weighted by Gasteiger charge is -2.35. The second kappa shape index (κ2) is 7.38. The minimum Gasteiger partial charge on any atom is -0.461 e. The van der Waals surface area contributed by atoms with Crippen LogP contribution in [0.25, 0.3) is 10.2 Å². The van der Waals surface area contributed by atoms with E-state index < -0.39 is 0 Å². The lowest BCUT2D eigenvalue weighted by Crippen LogP contribution is -2.45. The van der Waals surface area contributed by atoms with E-state index in [1.54, 1.807) is 18.3 Å². The van der Waals surface area contributed by atoms with Crippen molar-refractivity contribution in [1.82, 2.24) is 9.47 Å². The van der Waals surface area contributed by atoms with Crippen molar-refractivity contribution >= 4 is 33.4 Å². The van der Waals surface area contributed by atoms with Gasteiger partial charge in [0.05, 0.1) is 16.8 Å². The van der Waals surface area contributed by atoms with Crippen molar-refractivity contribution in [2.75, 3.05) is 13.2 Å². The van der Waals surface area contributed by atoms with Crippen LogP contribution in [-0.4, -0.2) is 40.5 Å². The third-order valence-corrected chi connectivity index (χ3v) is 5.57. The van der Waals surface area contributed by atoms with Crippen LogP contribution in [0, 0.1) is 0 Å². The molecule has 1 aliphatic heterocycles. The van der Waals surface area contributed by atoms with Crippen LogP contribution in [0.2, 0.25) is 0 Å². The summed E-state index contributed by atoms with van der Waals surface area (Å²) in [6.45, 7) is 5.27. The Morgan fingerprint density at radius 3 is 2.92 bits per heavy atom. The molecule has 3 heterocycles. The molecule has 3 rings (SSSR count). The molecule has 0 bridgehead atoms. The zero-order valence-electron chi connectivity index (χ0n) is 14.3. The molecule has 1 fully saturated rings. The van der Waals surface area contributed by atoms with Crippen molar-refractivity contribution in [3.8, 4) is 0 Å². The Kier molecular flexibility index (Phi) is 5.23. The fourth-order valence-corrected chi connectivity index (χ4v) is 4.32. The van der Waals surface area contributed by atoms with Crippen molar-refractivity contribution in [1.29, 1.82) is 0 Å². The van der Waals surface area contributed by atoms with Crippen molar-refractivity contribution in [3.05, 3.63) is 23.2 Å². The number of piperidine rings is 1. The molecule has 0 aromatic carbocycles. The summed E-state index contributed by atoms with van der Waals surface area (Å²) in [5, 5.41) is 1.98. The molecule has 1 saturated heterocycles. The Hall–Kier alpha value is -1.82. The summed E-state index contributed by atoms with van der Waals surface area (Å²) >= 11 is 1.57. The van der Waals surface area contributed by atoms with Gasteiger partial charge in [0.25, 0.3) is 0 Å². The van der Waals surface area contributed by atoms with E-state index in [2.05, 4.69) is 6.92 Å². The zero-order chi connectivity index (χ0) is 17.1. The van der Waals surface area contributed by atoms with Crippen LogP contribution in [0.3, 0.4) is 0 Å². The predicted molar refractivity (Wildman–Crippen MR) is 95.4 cm³/mol. The number of hydrogen-bond acceptors (Lipinski definition) is 4. The third-order valence-electron chi connectivity index (χ3n) is 4.72. The second-order valence-corrected chi connectivity index (χ2v) is 7.10. The van der Waals surface area contributed by atoms with Crippen LogP contribution in [-0.2, 0) is 16.1 Å². The van der Waals surface area contributed by atoms with Crippen LogP contribution in [0.4, 0.5) is 0 Å². The minimum atomic E-state index is -0.362. The Balaban J connectivity index is 1.87. The molecule has 0 spiro atoms. The fraction of sp³-hybridized carbons (Fsp3) is 0.556. The van der Waals surface area contributed by atoms with Gasteiger partial charge in [-0.05, 0) is 50.1 Å². The van der Waals surface area contributed by atoms with Crippen LogP contribution < -0.4 is 0 Å². The summed E-state index contributed by atoms with van der Waals surface area (Å²) in [5.74, 6) is -0.268. The average molecular weight is 348 g/mol. The number of nitrogens with zero attached hydrogens (tertiary/aromatic N) is 2. The molecule has 0 radical (unpaired) electrons. The standard InChI is InChI=1S/C18H24N2O3S/c1-3-13-7-5-6-9-19(13)17(21)12-20-14-8-10-24-16(14)11-15(20)18(22)23-4-2/h8,10-11,13H,3-7,9,12H2,1-2H3/t13-/m1/s1.